The van der Waals surface area contributed by atoms with Gasteiger partial charge in [-0.15, -0.1) is 0 Å². The molecule has 0 aromatic rings. The predicted octanol–water partition coefficient (Wildman–Crippen LogP) is 13.8. The average molecular weight is 2060 g/mol. The van der Waals surface area contributed by atoms with E-state index in [1.165, 1.54) is 45.4 Å². The van der Waals surface area contributed by atoms with Gasteiger partial charge < -0.3 is 87.2 Å². The third kappa shape index (κ3) is 20.2. The smallest absolute Gasteiger partial charge is 0.317 e. The molecule has 20 fully saturated rings. The molecule has 51 unspecified atom stereocenters. The molecule has 34 nitrogen and oxygen atoms in total. The zero-order valence-electron chi connectivity index (χ0n) is 89.2. The van der Waals surface area contributed by atoms with Gasteiger partial charge >= 0.3 is 65.6 Å². The van der Waals surface area contributed by atoms with Crippen LogP contribution < -0.4 is 10.2 Å². The molecule has 145 heavy (non-hydrogen) atoms. The van der Waals surface area contributed by atoms with E-state index in [1.54, 1.807) is 25.7 Å². The van der Waals surface area contributed by atoms with Crippen LogP contribution in [0.3, 0.4) is 0 Å². The standard InChI is InChI=1S/C23H35NO7S.C23H35NO6.C23H34O7.C21H32O6.C20H30O5.H2O/c1-10-11(2)14-8-13(10)17-15-9-16(18(14)17)20(22(26)30-23(4,5)6)19(15)21(25)29-12(3)31-24-32(7,27)28;1-6-28-13(5)29-23(26)21-17-8-16(20(21)22(25)24-9-10(2)30-27)18-14-7-15(19(17)18)12(4)11(14)3;1-6-26-10-27-22(24)20-16-9-17(21(20)23(25)29-13(5)30-28-7-2)19-15-8-14(18(16)19)11(3)12(15)4;1-4-25-9-27-21(24)19-15-8-14(18(19)20(23)26-6-5-22)16-12-7-13(17(15)16)11(3)10(12)2;1-5-24-8-25-20(22)18-14-7-13(17(18)19(21)23-4)15-11-6-12(16(14)15)10(3)9(11)2;/h10-11,13-20,24H,3,8-9H2,1-2,4-7H3;9,11-21,27H,6-8H2,1-5H3,(H,24,25);11-12,14-21H,5-10H2,1-4H3;10-19,22H,4-9H2,1-3H3;9-18H,5-8H2,1-4H3;1H2/b;10-9+;;;;. The molecular weight excluding hydrogens is 1890 g/mol. The number of amides is 1. The Hall–Kier alpha value is -7.09. The Balaban J connectivity index is 0.000000136. The van der Waals surface area contributed by atoms with E-state index in [-0.39, 0.29) is 169 Å². The lowest BCUT2D eigenvalue weighted by Gasteiger charge is -2.45. The highest BCUT2D eigenvalue weighted by Crippen LogP contribution is 2.79. The van der Waals surface area contributed by atoms with Crippen LogP contribution in [0.5, 0.6) is 0 Å². The highest BCUT2D eigenvalue weighted by molar-refractivity contribution is 7.88. The number of rotatable bonds is 34. The van der Waals surface area contributed by atoms with Crippen molar-refractivity contribution in [3.05, 3.63) is 37.0 Å². The summed E-state index contributed by atoms with van der Waals surface area (Å²) in [6, 6.07) is 0. The highest BCUT2D eigenvalue weighted by atomic mass is 32.2. The van der Waals surface area contributed by atoms with E-state index in [0.29, 0.717) is 199 Å². The van der Waals surface area contributed by atoms with Crippen molar-refractivity contribution in [2.45, 2.75) is 215 Å². The molecule has 35 heteroatoms. The lowest BCUT2D eigenvalue weighted by atomic mass is 9.59. The van der Waals surface area contributed by atoms with Crippen molar-refractivity contribution >= 4 is 69.7 Å². The van der Waals surface area contributed by atoms with Gasteiger partial charge in [-0.2, -0.15) is 4.89 Å². The molecule has 0 aliphatic heterocycles. The van der Waals surface area contributed by atoms with Gasteiger partial charge in [0.05, 0.1) is 85.8 Å². The molecule has 51 atom stereocenters. The summed E-state index contributed by atoms with van der Waals surface area (Å²) in [5.41, 5.74) is -0.657. The van der Waals surface area contributed by atoms with Crippen LogP contribution in [0.2, 0.25) is 0 Å². The number of aliphatic hydroxyl groups excluding tert-OH is 1. The molecule has 0 radical (unpaired) electrons. The molecule has 20 aliphatic carbocycles. The van der Waals surface area contributed by atoms with Crippen LogP contribution in [0.25, 0.3) is 0 Å². The lowest BCUT2D eigenvalue weighted by molar-refractivity contribution is -0.286. The van der Waals surface area contributed by atoms with Crippen molar-refractivity contribution in [3.63, 3.8) is 0 Å². The molecule has 20 saturated carbocycles. The van der Waals surface area contributed by atoms with Crippen LogP contribution >= 0.6 is 0 Å². The summed E-state index contributed by atoms with van der Waals surface area (Å²) in [4.78, 5) is 150. The number of ether oxygens (including phenoxy) is 13. The second-order valence-electron chi connectivity index (χ2n) is 48.3. The fraction of sp³-hybridized carbons (Fsp3) is 0.855. The first-order valence-corrected chi connectivity index (χ1v) is 56.5. The number of sulfonamides is 1. The fourth-order valence-electron chi connectivity index (χ4n) is 37.5. The van der Waals surface area contributed by atoms with Crippen LogP contribution in [-0.2, 0) is 139 Å². The molecule has 1 amide bonds. The molecule has 0 saturated heterocycles. The zero-order chi connectivity index (χ0) is 104. The van der Waals surface area contributed by atoms with Crippen LogP contribution in [0.1, 0.15) is 203 Å². The Morgan fingerprint density at radius 1 is 0.393 bits per heavy atom. The molecule has 6 N–H and O–H groups in total. The summed E-state index contributed by atoms with van der Waals surface area (Å²) in [6.45, 7) is 50.3. The molecular formula is C110H168N2O32S. The Kier molecular flexibility index (Phi) is 34.8. The van der Waals surface area contributed by atoms with E-state index in [1.807, 2.05) is 48.5 Å². The quantitative estimate of drug-likeness (QED) is 0.00679. The number of nitrogens with one attached hydrogen (secondary N) is 2. The Labute approximate surface area is 856 Å². The first kappa shape index (κ1) is 112. The van der Waals surface area contributed by atoms with E-state index in [4.69, 9.17) is 86.6 Å². The minimum absolute atomic E-state index is 0. The van der Waals surface area contributed by atoms with Gasteiger partial charge in [0, 0.05) is 32.6 Å². The molecule has 20 aliphatic rings. The first-order valence-electron chi connectivity index (χ1n) is 54.6. The third-order valence-electron chi connectivity index (χ3n) is 42.4. The SMILES string of the molecule is C=C(ONS(C)(=O)=O)OC(=O)C1C2CC(C1C(=O)OC(C)(C)C)C1C3CC(C(C)C3C)C21.C=C(OOCC)OC(=O)C1C2CC(C1C(=O)OCOCC)C1C3CC(C(C)C3C)C21.CCOC(C)OC(=O)C1C2CC(C1C(=O)N/C=C(\C)OO)C1C3CC(C(C)C3C)C21.CCOCOC(=O)C1C2CC(C1C(=O)OC)C1C3CC(C(C)C3C)C21.CCOCOC(=O)C1C2CC(C1C(=O)OCCO)C1C3CC(C(C)C3C)C21.O. The van der Waals surface area contributed by atoms with E-state index in [9.17, 15) is 56.4 Å². The van der Waals surface area contributed by atoms with Gasteiger partial charge in [0.15, 0.2) is 32.4 Å². The van der Waals surface area contributed by atoms with E-state index >= 15 is 0 Å². The summed E-state index contributed by atoms with van der Waals surface area (Å²) >= 11 is 0. The van der Waals surface area contributed by atoms with Gasteiger partial charge in [0.25, 0.3) is 0 Å². The van der Waals surface area contributed by atoms with Crippen molar-refractivity contribution in [2.24, 2.45) is 296 Å². The monoisotopic (exact) mass is 2060 g/mol. The average Bonchev–Trinajstić information content (AvgIpc) is 1.98. The number of allylic oxidation sites excluding steroid dienone is 1. The van der Waals surface area contributed by atoms with Crippen LogP contribution in [0.4, 0.5) is 0 Å². The maximum Gasteiger partial charge on any atom is 0.317 e. The molecule has 0 aromatic carbocycles. The predicted molar refractivity (Wildman–Crippen MR) is 520 cm³/mol. The molecule has 0 heterocycles. The number of methoxy groups -OCH3 is 1. The molecule has 20 bridgehead atoms. The van der Waals surface area contributed by atoms with Crippen molar-refractivity contribution < 1.29 is 153 Å². The van der Waals surface area contributed by atoms with Gasteiger partial charge in [-0.05, 0) is 388 Å². The summed E-state index contributed by atoms with van der Waals surface area (Å²) < 4.78 is 91.9. The van der Waals surface area contributed by atoms with E-state index in [2.05, 4.69) is 92.6 Å². The van der Waals surface area contributed by atoms with Gasteiger partial charge in [0.2, 0.25) is 15.9 Å². The number of hydrogen-bond donors (Lipinski definition) is 4. The first-order chi connectivity index (χ1) is 68.4. The number of carbonyl (C=O) groups excluding carboxylic acids is 10. The van der Waals surface area contributed by atoms with Crippen LogP contribution in [0.15, 0.2) is 37.0 Å². The summed E-state index contributed by atoms with van der Waals surface area (Å²) in [6.07, 6.45) is 12.3. The van der Waals surface area contributed by atoms with Crippen molar-refractivity contribution in [1.29, 1.82) is 0 Å². The van der Waals surface area contributed by atoms with Crippen molar-refractivity contribution in [3.8, 4) is 0 Å². The Morgan fingerprint density at radius 3 is 0.945 bits per heavy atom. The maximum absolute atomic E-state index is 13.3. The maximum atomic E-state index is 13.3. The van der Waals surface area contributed by atoms with E-state index < -0.39 is 87.1 Å². The Morgan fingerprint density at radius 2 is 0.669 bits per heavy atom. The number of aliphatic hydroxyl groups is 1. The van der Waals surface area contributed by atoms with E-state index in [0.717, 1.165) is 50.2 Å². The largest absolute Gasteiger partial charge is 0.469 e. The lowest BCUT2D eigenvalue weighted by Crippen LogP contribution is -2.49. The minimum Gasteiger partial charge on any atom is -0.469 e. The minimum atomic E-state index is -3.65. The highest BCUT2D eigenvalue weighted by Gasteiger charge is 2.78. The Bertz CT molecular complexity index is 4850. The second-order valence-corrected chi connectivity index (χ2v) is 50.0. The van der Waals surface area contributed by atoms with Crippen LogP contribution in [-0.4, -0.2) is 176 Å². The van der Waals surface area contributed by atoms with Gasteiger partial charge in [-0.3, -0.25) is 52.8 Å². The van der Waals surface area contributed by atoms with Gasteiger partial charge in [-0.1, -0.05) is 69.2 Å². The topological polar surface area (TPSA) is 458 Å². The molecule has 0 spiro atoms. The molecule has 0 aromatic heterocycles. The summed E-state index contributed by atoms with van der Waals surface area (Å²) in [5, 5.41) is 20.5. The van der Waals surface area contributed by atoms with Crippen molar-refractivity contribution in [1.82, 2.24) is 10.2 Å². The number of hydrogen-bond acceptors (Lipinski definition) is 31. The fourth-order valence-corrected chi connectivity index (χ4v) is 37.8. The van der Waals surface area contributed by atoms with Gasteiger partial charge in [0.1, 0.15) is 12.2 Å². The molecule has 20 rings (SSSR count). The number of fused-ring (bicyclic) bond motifs is 45. The third-order valence-corrected chi connectivity index (χ3v) is 42.8. The second kappa shape index (κ2) is 45.1. The summed E-state index contributed by atoms with van der Waals surface area (Å²) in [5.74, 6) is 11.7. The van der Waals surface area contributed by atoms with Gasteiger partial charge in [-0.25, -0.2) is 13.7 Å². The zero-order valence-corrected chi connectivity index (χ0v) is 90.0. The summed E-state index contributed by atoms with van der Waals surface area (Å²) in [7, 11) is -2.22. The van der Waals surface area contributed by atoms with Crippen molar-refractivity contribution in [2.75, 3.05) is 80.0 Å². The van der Waals surface area contributed by atoms with Crippen LogP contribution in [0, 0.1) is 296 Å². The number of esters is 9. The normalized spacial score (nSPS) is 44.5. The number of carbonyl (C=O) groups is 10. The molecule has 816 valence electrons.